The highest BCUT2D eigenvalue weighted by Crippen LogP contribution is 2.06. The molecule has 122 valence electrons. The van der Waals surface area contributed by atoms with Crippen LogP contribution in [0.1, 0.15) is 24.7 Å². The van der Waals surface area contributed by atoms with E-state index in [1.54, 1.807) is 0 Å². The van der Waals surface area contributed by atoms with Gasteiger partial charge in [-0.05, 0) is 25.3 Å². The summed E-state index contributed by atoms with van der Waals surface area (Å²) in [7, 11) is 0. The summed E-state index contributed by atoms with van der Waals surface area (Å²) in [6, 6.07) is 10.5. The molecule has 2 aromatic rings. The Morgan fingerprint density at radius 3 is 2.87 bits per heavy atom. The van der Waals surface area contributed by atoms with Gasteiger partial charge in [0, 0.05) is 25.5 Å². The van der Waals surface area contributed by atoms with Crippen LogP contribution in [0.25, 0.3) is 0 Å². The Bertz CT molecular complexity index is 642. The van der Waals surface area contributed by atoms with Gasteiger partial charge in [-0.2, -0.15) is 0 Å². The highest BCUT2D eigenvalue weighted by Gasteiger charge is 2.02. The molecule has 1 aromatic heterocycles. The molecule has 1 aromatic carbocycles. The van der Waals surface area contributed by atoms with Crippen molar-refractivity contribution in [1.29, 1.82) is 0 Å². The van der Waals surface area contributed by atoms with Gasteiger partial charge in [-0.15, -0.1) is 0 Å². The van der Waals surface area contributed by atoms with E-state index in [4.69, 9.17) is 5.73 Å². The van der Waals surface area contributed by atoms with Crippen molar-refractivity contribution in [2.24, 2.45) is 10.7 Å². The molecule has 0 amide bonds. The number of aryl methyl sites for hydroxylation is 2. The van der Waals surface area contributed by atoms with E-state index < -0.39 is 0 Å². The highest BCUT2D eigenvalue weighted by atomic mass is 15.1. The predicted molar refractivity (Wildman–Crippen MR) is 95.1 cm³/mol. The first kappa shape index (κ1) is 16.8. The summed E-state index contributed by atoms with van der Waals surface area (Å²) < 4.78 is 2.14. The molecule has 5 nitrogen and oxygen atoms in total. The number of nitrogens with one attached hydrogen (secondary N) is 1. The van der Waals surface area contributed by atoms with Crippen molar-refractivity contribution in [2.75, 3.05) is 6.54 Å². The standard InChI is InChI=1S/C18H25N5/c1-15(2)13-21-18(19)22-14-17-20-10-12-23(17)11-6-9-16-7-4-3-5-8-16/h3-5,7-8,10,12H,1,6,9,11,13-14H2,2H3,(H3,19,21,22). The van der Waals surface area contributed by atoms with Crippen molar-refractivity contribution < 1.29 is 0 Å². The predicted octanol–water partition coefficient (Wildman–Crippen LogP) is 2.50. The number of nitrogens with zero attached hydrogens (tertiary/aromatic N) is 3. The zero-order chi connectivity index (χ0) is 16.5. The summed E-state index contributed by atoms with van der Waals surface area (Å²) >= 11 is 0. The minimum atomic E-state index is 0.423. The number of nitrogens with two attached hydrogens (primary N) is 1. The molecule has 0 bridgehead atoms. The Kier molecular flexibility index (Phi) is 6.41. The molecule has 0 atom stereocenters. The second-order valence-corrected chi connectivity index (χ2v) is 5.64. The Labute approximate surface area is 138 Å². The van der Waals surface area contributed by atoms with Gasteiger partial charge >= 0.3 is 0 Å². The molecule has 0 saturated heterocycles. The number of guanidine groups is 1. The molecule has 5 heteroatoms. The Morgan fingerprint density at radius 1 is 1.35 bits per heavy atom. The minimum absolute atomic E-state index is 0.423. The van der Waals surface area contributed by atoms with E-state index in [2.05, 4.69) is 50.7 Å². The fourth-order valence-electron chi connectivity index (χ4n) is 2.25. The van der Waals surface area contributed by atoms with Gasteiger partial charge in [0.15, 0.2) is 5.96 Å². The lowest BCUT2D eigenvalue weighted by molar-refractivity contribution is 0.611. The zero-order valence-electron chi connectivity index (χ0n) is 13.7. The first-order valence-corrected chi connectivity index (χ1v) is 7.87. The largest absolute Gasteiger partial charge is 0.370 e. The first-order valence-electron chi connectivity index (χ1n) is 7.87. The van der Waals surface area contributed by atoms with Crippen LogP contribution in [0.4, 0.5) is 0 Å². The SMILES string of the molecule is C=C(C)CNC(N)=NCc1nccn1CCCc1ccccc1. The van der Waals surface area contributed by atoms with Crippen LogP contribution in [-0.2, 0) is 19.5 Å². The third-order valence-corrected chi connectivity index (χ3v) is 3.47. The van der Waals surface area contributed by atoms with Crippen molar-refractivity contribution in [1.82, 2.24) is 14.9 Å². The summed E-state index contributed by atoms with van der Waals surface area (Å²) in [6.07, 6.45) is 5.93. The first-order chi connectivity index (χ1) is 11.1. The third-order valence-electron chi connectivity index (χ3n) is 3.47. The number of benzene rings is 1. The Hall–Kier alpha value is -2.56. The molecule has 0 spiro atoms. The van der Waals surface area contributed by atoms with Crippen LogP contribution in [0.15, 0.2) is 59.9 Å². The normalized spacial score (nSPS) is 11.4. The minimum Gasteiger partial charge on any atom is -0.370 e. The van der Waals surface area contributed by atoms with Crippen LogP contribution in [0.2, 0.25) is 0 Å². The molecular formula is C18H25N5. The lowest BCUT2D eigenvalue weighted by Crippen LogP contribution is -2.32. The van der Waals surface area contributed by atoms with Gasteiger partial charge in [0.1, 0.15) is 12.4 Å². The number of aromatic nitrogens is 2. The van der Waals surface area contributed by atoms with E-state index in [9.17, 15) is 0 Å². The smallest absolute Gasteiger partial charge is 0.189 e. The molecular weight excluding hydrogens is 286 g/mol. The van der Waals surface area contributed by atoms with Gasteiger partial charge in [0.2, 0.25) is 0 Å². The average molecular weight is 311 g/mol. The lowest BCUT2D eigenvalue weighted by Gasteiger charge is -2.08. The summed E-state index contributed by atoms with van der Waals surface area (Å²) in [5, 5.41) is 3.02. The van der Waals surface area contributed by atoms with Crippen molar-refractivity contribution in [2.45, 2.75) is 32.9 Å². The molecule has 23 heavy (non-hydrogen) atoms. The molecule has 0 aliphatic rings. The monoisotopic (exact) mass is 311 g/mol. The summed E-state index contributed by atoms with van der Waals surface area (Å²) in [4.78, 5) is 8.69. The zero-order valence-corrected chi connectivity index (χ0v) is 13.7. The molecule has 1 heterocycles. The van der Waals surface area contributed by atoms with Crippen molar-refractivity contribution in [3.05, 3.63) is 66.3 Å². The maximum atomic E-state index is 5.83. The Morgan fingerprint density at radius 2 is 2.13 bits per heavy atom. The molecule has 0 aliphatic heterocycles. The van der Waals surface area contributed by atoms with Gasteiger partial charge in [-0.1, -0.05) is 42.5 Å². The number of aliphatic imine (C=N–C) groups is 1. The summed E-state index contributed by atoms with van der Waals surface area (Å²) in [6.45, 7) is 7.81. The van der Waals surface area contributed by atoms with Gasteiger partial charge in [-0.3, -0.25) is 0 Å². The maximum absolute atomic E-state index is 5.83. The van der Waals surface area contributed by atoms with Crippen molar-refractivity contribution >= 4 is 5.96 Å². The molecule has 3 N–H and O–H groups in total. The van der Waals surface area contributed by atoms with E-state index in [1.165, 1.54) is 5.56 Å². The summed E-state index contributed by atoms with van der Waals surface area (Å²) in [5.41, 5.74) is 8.21. The molecule has 0 unspecified atom stereocenters. The number of hydrogen-bond acceptors (Lipinski definition) is 2. The maximum Gasteiger partial charge on any atom is 0.189 e. The van der Waals surface area contributed by atoms with Crippen LogP contribution >= 0.6 is 0 Å². The average Bonchev–Trinajstić information content (AvgIpc) is 2.99. The van der Waals surface area contributed by atoms with E-state index >= 15 is 0 Å². The van der Waals surface area contributed by atoms with Crippen LogP contribution in [-0.4, -0.2) is 22.1 Å². The molecule has 0 fully saturated rings. The molecule has 0 saturated carbocycles. The highest BCUT2D eigenvalue weighted by molar-refractivity contribution is 5.77. The van der Waals surface area contributed by atoms with Crippen molar-refractivity contribution in [3.8, 4) is 0 Å². The number of rotatable bonds is 8. The van der Waals surface area contributed by atoms with Crippen LogP contribution in [0.5, 0.6) is 0 Å². The van der Waals surface area contributed by atoms with Gasteiger partial charge in [0.25, 0.3) is 0 Å². The second-order valence-electron chi connectivity index (χ2n) is 5.64. The second kappa shape index (κ2) is 8.78. The van der Waals surface area contributed by atoms with E-state index in [1.807, 2.05) is 25.4 Å². The van der Waals surface area contributed by atoms with E-state index in [0.29, 0.717) is 19.0 Å². The molecule has 2 rings (SSSR count). The lowest BCUT2D eigenvalue weighted by atomic mass is 10.1. The fraction of sp³-hybridized carbons (Fsp3) is 0.333. The van der Waals surface area contributed by atoms with Gasteiger partial charge in [0.05, 0.1) is 0 Å². The fourth-order valence-corrected chi connectivity index (χ4v) is 2.25. The van der Waals surface area contributed by atoms with Crippen LogP contribution in [0, 0.1) is 0 Å². The number of imidazole rings is 1. The van der Waals surface area contributed by atoms with Crippen LogP contribution < -0.4 is 11.1 Å². The third kappa shape index (κ3) is 5.98. The molecule has 0 radical (unpaired) electrons. The number of hydrogen-bond donors (Lipinski definition) is 2. The van der Waals surface area contributed by atoms with Crippen molar-refractivity contribution in [3.63, 3.8) is 0 Å². The topological polar surface area (TPSA) is 68.2 Å². The van der Waals surface area contributed by atoms with Gasteiger partial charge in [-0.25, -0.2) is 9.98 Å². The quantitative estimate of drug-likeness (QED) is 0.447. The Balaban J connectivity index is 1.82. The summed E-state index contributed by atoms with van der Waals surface area (Å²) in [5.74, 6) is 1.35. The van der Waals surface area contributed by atoms with E-state index in [-0.39, 0.29) is 0 Å². The molecule has 0 aliphatic carbocycles. The van der Waals surface area contributed by atoms with E-state index in [0.717, 1.165) is 30.8 Å². The van der Waals surface area contributed by atoms with Gasteiger partial charge < -0.3 is 15.6 Å². The van der Waals surface area contributed by atoms with Crippen LogP contribution in [0.3, 0.4) is 0 Å².